The summed E-state index contributed by atoms with van der Waals surface area (Å²) >= 11 is 0. The predicted molar refractivity (Wildman–Crippen MR) is 106 cm³/mol. The molecule has 1 aliphatic rings. The minimum atomic E-state index is -4.46. The molecule has 10 heteroatoms. The molecule has 0 aliphatic carbocycles. The molecule has 0 saturated heterocycles. The molecule has 1 aliphatic heterocycles. The average Bonchev–Trinajstić information content (AvgIpc) is 2.96. The van der Waals surface area contributed by atoms with E-state index in [0.717, 1.165) is 17.2 Å². The number of fused-ring (bicyclic) bond motifs is 1. The Bertz CT molecular complexity index is 955. The molecule has 0 saturated carbocycles. The molecular weight excluding hydrogens is 413 g/mol. The minimum Gasteiger partial charge on any atom is -0.368 e. The van der Waals surface area contributed by atoms with Crippen LogP contribution in [0.4, 0.5) is 19.0 Å². The Morgan fingerprint density at radius 3 is 2.13 bits per heavy atom. The summed E-state index contributed by atoms with van der Waals surface area (Å²) in [7, 11) is 0. The highest BCUT2D eigenvalue weighted by Gasteiger charge is 2.43. The molecule has 2 N–H and O–H groups in total. The summed E-state index contributed by atoms with van der Waals surface area (Å²) in [6.07, 6.45) is -3.74. The van der Waals surface area contributed by atoms with Gasteiger partial charge in [-0.3, -0.25) is 19.3 Å². The van der Waals surface area contributed by atoms with Crippen molar-refractivity contribution < 1.29 is 27.6 Å². The summed E-state index contributed by atoms with van der Waals surface area (Å²) in [4.78, 5) is 42.8. The van der Waals surface area contributed by atoms with Crippen LogP contribution in [0.2, 0.25) is 0 Å². The fraction of sp³-hybridized carbons (Fsp3) is 0.333. The van der Waals surface area contributed by atoms with Crippen LogP contribution in [0.25, 0.3) is 0 Å². The van der Waals surface area contributed by atoms with Gasteiger partial charge in [-0.25, -0.2) is 4.98 Å². The summed E-state index contributed by atoms with van der Waals surface area (Å²) in [5.74, 6) is -1.62. The maximum Gasteiger partial charge on any atom is 0.417 e. The van der Waals surface area contributed by atoms with Gasteiger partial charge in [0.2, 0.25) is 5.91 Å². The number of imide groups is 1. The van der Waals surface area contributed by atoms with Crippen molar-refractivity contribution in [2.24, 2.45) is 5.92 Å². The lowest BCUT2D eigenvalue weighted by atomic mass is 10.0. The lowest BCUT2D eigenvalue weighted by molar-refractivity contribution is -0.137. The van der Waals surface area contributed by atoms with Gasteiger partial charge in [0.1, 0.15) is 11.9 Å². The fourth-order valence-electron chi connectivity index (χ4n) is 3.33. The summed E-state index contributed by atoms with van der Waals surface area (Å²) in [6.45, 7) is 3.78. The largest absolute Gasteiger partial charge is 0.417 e. The molecule has 3 amide bonds. The van der Waals surface area contributed by atoms with Crippen molar-refractivity contribution >= 4 is 23.5 Å². The third-order valence-electron chi connectivity index (χ3n) is 4.82. The van der Waals surface area contributed by atoms with Gasteiger partial charge in [0.15, 0.2) is 0 Å². The van der Waals surface area contributed by atoms with E-state index in [1.165, 1.54) is 6.07 Å². The Morgan fingerprint density at radius 2 is 1.65 bits per heavy atom. The lowest BCUT2D eigenvalue weighted by Crippen LogP contribution is -2.52. The molecule has 1 atom stereocenters. The van der Waals surface area contributed by atoms with E-state index in [1.807, 2.05) is 0 Å². The molecule has 1 unspecified atom stereocenters. The third-order valence-corrected chi connectivity index (χ3v) is 4.82. The topological polar surface area (TPSA) is 91.4 Å². The lowest BCUT2D eigenvalue weighted by Gasteiger charge is -2.28. The summed E-state index contributed by atoms with van der Waals surface area (Å²) in [6, 6.07) is 7.51. The molecule has 1 aromatic carbocycles. The van der Waals surface area contributed by atoms with Crippen LogP contribution in [0.15, 0.2) is 42.6 Å². The first-order valence-corrected chi connectivity index (χ1v) is 9.63. The molecule has 31 heavy (non-hydrogen) atoms. The number of benzene rings is 1. The number of amides is 3. The van der Waals surface area contributed by atoms with Gasteiger partial charge >= 0.3 is 6.18 Å². The monoisotopic (exact) mass is 434 g/mol. The summed E-state index contributed by atoms with van der Waals surface area (Å²) < 4.78 is 37.7. The molecule has 7 nitrogen and oxygen atoms in total. The number of nitrogens with zero attached hydrogens (tertiary/aromatic N) is 2. The molecule has 2 aromatic rings. The second-order valence-corrected chi connectivity index (χ2v) is 7.36. The predicted octanol–water partition coefficient (Wildman–Crippen LogP) is 2.95. The molecular formula is C21H21F3N4O3. The zero-order valence-electron chi connectivity index (χ0n) is 16.9. The highest BCUT2D eigenvalue weighted by Crippen LogP contribution is 2.29. The van der Waals surface area contributed by atoms with Crippen molar-refractivity contribution in [3.05, 3.63) is 59.3 Å². The molecule has 164 valence electrons. The van der Waals surface area contributed by atoms with Crippen LogP contribution in [-0.2, 0) is 11.0 Å². The van der Waals surface area contributed by atoms with Crippen molar-refractivity contribution in [1.82, 2.24) is 15.2 Å². The number of anilines is 1. The number of nitrogens with one attached hydrogen (secondary N) is 2. The maximum atomic E-state index is 12.8. The van der Waals surface area contributed by atoms with E-state index < -0.39 is 35.5 Å². The van der Waals surface area contributed by atoms with E-state index in [9.17, 15) is 27.6 Å². The first-order chi connectivity index (χ1) is 14.6. The number of halogens is 3. The Balaban J connectivity index is 1.58. The number of hydrogen-bond acceptors (Lipinski definition) is 5. The Labute approximate surface area is 176 Å². The van der Waals surface area contributed by atoms with Gasteiger partial charge in [-0.2, -0.15) is 13.2 Å². The van der Waals surface area contributed by atoms with Crippen LogP contribution < -0.4 is 10.6 Å². The zero-order chi connectivity index (χ0) is 22.8. The van der Waals surface area contributed by atoms with Crippen molar-refractivity contribution in [1.29, 1.82) is 0 Å². The van der Waals surface area contributed by atoms with Crippen molar-refractivity contribution in [3.8, 4) is 0 Å². The quantitative estimate of drug-likeness (QED) is 0.517. The number of aromatic nitrogens is 1. The summed E-state index contributed by atoms with van der Waals surface area (Å²) in [5, 5.41) is 5.47. The molecule has 0 spiro atoms. The van der Waals surface area contributed by atoms with Gasteiger partial charge < -0.3 is 10.6 Å². The molecule has 1 aromatic heterocycles. The maximum absolute atomic E-state index is 12.8. The number of carbonyl (C=O) groups is 3. The van der Waals surface area contributed by atoms with Gasteiger partial charge in [-0.05, 0) is 30.2 Å². The van der Waals surface area contributed by atoms with E-state index in [-0.39, 0.29) is 36.0 Å². The van der Waals surface area contributed by atoms with Gasteiger partial charge in [0, 0.05) is 19.3 Å². The van der Waals surface area contributed by atoms with Crippen molar-refractivity contribution in [3.63, 3.8) is 0 Å². The number of carbonyl (C=O) groups excluding carboxylic acids is 3. The smallest absolute Gasteiger partial charge is 0.368 e. The van der Waals surface area contributed by atoms with Gasteiger partial charge in [0.05, 0.1) is 16.7 Å². The minimum absolute atomic E-state index is 0.119. The van der Waals surface area contributed by atoms with Gasteiger partial charge in [0.25, 0.3) is 11.8 Å². The van der Waals surface area contributed by atoms with Crippen molar-refractivity contribution in [2.75, 3.05) is 18.4 Å². The third kappa shape index (κ3) is 4.68. The van der Waals surface area contributed by atoms with Crippen LogP contribution >= 0.6 is 0 Å². The number of pyridine rings is 1. The van der Waals surface area contributed by atoms with Crippen molar-refractivity contribution in [2.45, 2.75) is 26.1 Å². The Kier molecular flexibility index (Phi) is 6.28. The average molecular weight is 434 g/mol. The molecule has 0 radical (unpaired) electrons. The van der Waals surface area contributed by atoms with E-state index in [4.69, 9.17) is 0 Å². The van der Waals surface area contributed by atoms with Crippen LogP contribution in [0, 0.1) is 5.92 Å². The van der Waals surface area contributed by atoms with Crippen LogP contribution in [0.1, 0.15) is 40.1 Å². The molecule has 3 rings (SSSR count). The van der Waals surface area contributed by atoms with E-state index in [1.54, 1.807) is 38.1 Å². The summed E-state index contributed by atoms with van der Waals surface area (Å²) in [5.41, 5.74) is -0.325. The Morgan fingerprint density at radius 1 is 1.03 bits per heavy atom. The highest BCUT2D eigenvalue weighted by molar-refractivity contribution is 6.22. The molecule has 2 heterocycles. The van der Waals surface area contributed by atoms with Crippen LogP contribution in [-0.4, -0.2) is 46.7 Å². The molecule has 0 fully saturated rings. The van der Waals surface area contributed by atoms with E-state index >= 15 is 0 Å². The number of rotatable bonds is 7. The fourth-order valence-corrected chi connectivity index (χ4v) is 3.33. The second kappa shape index (κ2) is 8.75. The normalized spacial score (nSPS) is 14.6. The number of hydrogen-bond donors (Lipinski definition) is 2. The van der Waals surface area contributed by atoms with Gasteiger partial charge in [-0.1, -0.05) is 26.0 Å². The second-order valence-electron chi connectivity index (χ2n) is 7.36. The van der Waals surface area contributed by atoms with Crippen LogP contribution in [0.5, 0.6) is 0 Å². The molecule has 0 bridgehead atoms. The first-order valence-electron chi connectivity index (χ1n) is 9.63. The Hall–Kier alpha value is -3.43. The van der Waals surface area contributed by atoms with Gasteiger partial charge in [-0.15, -0.1) is 0 Å². The standard InChI is InChI=1S/C21H21F3N4O3/c1-12(2)17(28-19(30)14-5-3-4-6-15(14)20(28)31)18(29)26-10-9-25-16-8-7-13(11-27-16)21(22,23)24/h3-8,11-12,17H,9-10H2,1-2H3,(H,25,27)(H,26,29). The number of alkyl halides is 3. The van der Waals surface area contributed by atoms with Crippen LogP contribution in [0.3, 0.4) is 0 Å². The zero-order valence-corrected chi connectivity index (χ0v) is 16.9. The van der Waals surface area contributed by atoms with E-state index in [0.29, 0.717) is 0 Å². The first kappa shape index (κ1) is 22.3. The SMILES string of the molecule is CC(C)C(C(=O)NCCNc1ccc(C(F)(F)F)cn1)N1C(=O)c2ccccc2C1=O. The highest BCUT2D eigenvalue weighted by atomic mass is 19.4. The van der Waals surface area contributed by atoms with E-state index in [2.05, 4.69) is 15.6 Å².